The van der Waals surface area contributed by atoms with Crippen LogP contribution in [0.5, 0.6) is 17.2 Å². The number of phenolic OH excluding ortho intramolecular Hbond substituents is 2. The minimum atomic E-state index is -1.71. The SMILES string of the molecule is COc1cccc2c1C(=O)c1c(O)c3c(c(O)c1C2=O)CC(O)(C(=O)C(C)C)CC3. The van der Waals surface area contributed by atoms with Crippen molar-refractivity contribution >= 4 is 17.3 Å². The molecule has 0 saturated carbocycles. The molecule has 0 fully saturated rings. The van der Waals surface area contributed by atoms with Crippen LogP contribution < -0.4 is 4.74 Å². The van der Waals surface area contributed by atoms with Crippen LogP contribution in [-0.4, -0.2) is 45.4 Å². The van der Waals surface area contributed by atoms with E-state index in [0.717, 1.165) is 0 Å². The van der Waals surface area contributed by atoms with Gasteiger partial charge < -0.3 is 20.1 Å². The molecule has 2 aromatic carbocycles. The molecule has 0 aliphatic heterocycles. The molecule has 2 aliphatic carbocycles. The first-order valence-corrected chi connectivity index (χ1v) is 9.75. The molecule has 1 unspecified atom stereocenters. The highest BCUT2D eigenvalue weighted by atomic mass is 16.5. The van der Waals surface area contributed by atoms with E-state index in [2.05, 4.69) is 0 Å². The van der Waals surface area contributed by atoms with E-state index in [4.69, 9.17) is 4.74 Å². The van der Waals surface area contributed by atoms with Crippen molar-refractivity contribution < 1.29 is 34.4 Å². The van der Waals surface area contributed by atoms with Crippen molar-refractivity contribution in [2.24, 2.45) is 5.92 Å². The largest absolute Gasteiger partial charge is 0.507 e. The lowest BCUT2D eigenvalue weighted by atomic mass is 9.71. The highest BCUT2D eigenvalue weighted by Crippen LogP contribution is 2.48. The summed E-state index contributed by atoms with van der Waals surface area (Å²) in [5.41, 5.74) is -1.79. The molecule has 2 aliphatic rings. The molecule has 7 nitrogen and oxygen atoms in total. The summed E-state index contributed by atoms with van der Waals surface area (Å²) in [7, 11) is 1.37. The molecule has 0 amide bonds. The van der Waals surface area contributed by atoms with Gasteiger partial charge in [-0.05, 0) is 18.9 Å². The van der Waals surface area contributed by atoms with Gasteiger partial charge in [0.2, 0.25) is 5.78 Å². The average molecular weight is 410 g/mol. The molecule has 156 valence electrons. The summed E-state index contributed by atoms with van der Waals surface area (Å²) in [6.45, 7) is 3.35. The number of rotatable bonds is 3. The van der Waals surface area contributed by atoms with Crippen molar-refractivity contribution in [2.75, 3.05) is 7.11 Å². The number of Topliss-reactive ketones (excluding diaryl/α,β-unsaturated/α-hetero) is 1. The number of ketones is 3. The second-order valence-electron chi connectivity index (χ2n) is 8.17. The van der Waals surface area contributed by atoms with Crippen LogP contribution in [0.25, 0.3) is 0 Å². The van der Waals surface area contributed by atoms with E-state index in [-0.39, 0.29) is 64.2 Å². The van der Waals surface area contributed by atoms with Crippen LogP contribution in [0.2, 0.25) is 0 Å². The van der Waals surface area contributed by atoms with Gasteiger partial charge in [-0.15, -0.1) is 0 Å². The fourth-order valence-corrected chi connectivity index (χ4v) is 4.57. The first kappa shape index (κ1) is 20.1. The van der Waals surface area contributed by atoms with Gasteiger partial charge in [0.1, 0.15) is 22.8 Å². The molecule has 1 atom stereocenters. The average Bonchev–Trinajstić information content (AvgIpc) is 2.73. The lowest BCUT2D eigenvalue weighted by Gasteiger charge is -2.35. The van der Waals surface area contributed by atoms with Gasteiger partial charge >= 0.3 is 0 Å². The Labute approximate surface area is 172 Å². The maximum Gasteiger partial charge on any atom is 0.202 e. The smallest absolute Gasteiger partial charge is 0.202 e. The van der Waals surface area contributed by atoms with E-state index >= 15 is 0 Å². The molecule has 0 spiro atoms. The predicted molar refractivity (Wildman–Crippen MR) is 106 cm³/mol. The van der Waals surface area contributed by atoms with Crippen LogP contribution in [0.3, 0.4) is 0 Å². The summed E-state index contributed by atoms with van der Waals surface area (Å²) in [6.07, 6.45) is -0.111. The molecule has 30 heavy (non-hydrogen) atoms. The Kier molecular flexibility index (Phi) is 4.47. The van der Waals surface area contributed by atoms with Gasteiger partial charge in [-0.1, -0.05) is 26.0 Å². The van der Waals surface area contributed by atoms with Crippen molar-refractivity contribution in [1.82, 2.24) is 0 Å². The maximum absolute atomic E-state index is 13.2. The number of carbonyl (C=O) groups is 3. The van der Waals surface area contributed by atoms with Crippen LogP contribution in [0, 0.1) is 5.92 Å². The predicted octanol–water partition coefficient (Wildman–Crippen LogP) is 2.33. The van der Waals surface area contributed by atoms with E-state index in [1.54, 1.807) is 26.0 Å². The fourth-order valence-electron chi connectivity index (χ4n) is 4.57. The van der Waals surface area contributed by atoms with Crippen LogP contribution in [-0.2, 0) is 17.6 Å². The van der Waals surface area contributed by atoms with Crippen molar-refractivity contribution in [3.05, 3.63) is 51.6 Å². The fraction of sp³-hybridized carbons (Fsp3) is 0.348. The summed E-state index contributed by atoms with van der Waals surface area (Å²) < 4.78 is 5.22. The molecule has 0 radical (unpaired) electrons. The highest BCUT2D eigenvalue weighted by Gasteiger charge is 2.45. The van der Waals surface area contributed by atoms with Crippen LogP contribution in [0.1, 0.15) is 63.2 Å². The van der Waals surface area contributed by atoms with Crippen LogP contribution in [0.15, 0.2) is 18.2 Å². The number of benzene rings is 2. The first-order valence-electron chi connectivity index (χ1n) is 9.75. The highest BCUT2D eigenvalue weighted by molar-refractivity contribution is 6.31. The Bertz CT molecular complexity index is 1130. The summed E-state index contributed by atoms with van der Waals surface area (Å²) in [5.74, 6) is -2.71. The zero-order valence-corrected chi connectivity index (χ0v) is 16.9. The monoisotopic (exact) mass is 410 g/mol. The Balaban J connectivity index is 1.94. The summed E-state index contributed by atoms with van der Waals surface area (Å²) in [5, 5.41) is 32.8. The lowest BCUT2D eigenvalue weighted by molar-refractivity contribution is -0.141. The minimum absolute atomic E-state index is 0.0365. The second-order valence-corrected chi connectivity index (χ2v) is 8.17. The number of phenols is 2. The summed E-state index contributed by atoms with van der Waals surface area (Å²) in [6, 6.07) is 4.56. The van der Waals surface area contributed by atoms with E-state index in [1.807, 2.05) is 0 Å². The molecule has 7 heteroatoms. The summed E-state index contributed by atoms with van der Waals surface area (Å²) >= 11 is 0. The van der Waals surface area contributed by atoms with Gasteiger partial charge in [0.25, 0.3) is 0 Å². The number of fused-ring (bicyclic) bond motifs is 3. The standard InChI is InChI=1S/C23H22O7/c1-10(2)22(28)23(29)8-7-11-13(9-23)20(26)16-17(18(11)24)21(27)15-12(19(16)25)5-4-6-14(15)30-3/h4-6,10,24,26,29H,7-9H2,1-3H3. The zero-order chi connectivity index (χ0) is 22.0. The molecule has 0 bridgehead atoms. The topological polar surface area (TPSA) is 121 Å². The van der Waals surface area contributed by atoms with Gasteiger partial charge in [0.15, 0.2) is 11.6 Å². The van der Waals surface area contributed by atoms with Crippen molar-refractivity contribution in [1.29, 1.82) is 0 Å². The number of methoxy groups -OCH3 is 1. The van der Waals surface area contributed by atoms with E-state index < -0.39 is 34.6 Å². The third kappa shape index (κ3) is 2.58. The van der Waals surface area contributed by atoms with Gasteiger partial charge in [0.05, 0.1) is 23.8 Å². The van der Waals surface area contributed by atoms with E-state index in [9.17, 15) is 29.7 Å². The quantitative estimate of drug-likeness (QED) is 0.567. The van der Waals surface area contributed by atoms with Gasteiger partial charge in [-0.25, -0.2) is 0 Å². The molecule has 0 aromatic heterocycles. The third-order valence-electron chi connectivity index (χ3n) is 6.07. The number of aromatic hydroxyl groups is 2. The van der Waals surface area contributed by atoms with Crippen LogP contribution >= 0.6 is 0 Å². The lowest BCUT2D eigenvalue weighted by Crippen LogP contribution is -2.46. The molecular formula is C23H22O7. The van der Waals surface area contributed by atoms with Crippen molar-refractivity contribution in [3.8, 4) is 17.2 Å². The third-order valence-corrected chi connectivity index (χ3v) is 6.07. The molecule has 0 heterocycles. The van der Waals surface area contributed by atoms with E-state index in [0.29, 0.717) is 0 Å². The molecule has 3 N–H and O–H groups in total. The second kappa shape index (κ2) is 6.67. The number of carbonyl (C=O) groups excluding carboxylic acids is 3. The Morgan fingerprint density at radius 1 is 1.03 bits per heavy atom. The Morgan fingerprint density at radius 3 is 2.30 bits per heavy atom. The Hall–Kier alpha value is -3.19. The summed E-state index contributed by atoms with van der Waals surface area (Å²) in [4.78, 5) is 38.9. The number of hydrogen-bond donors (Lipinski definition) is 3. The maximum atomic E-state index is 13.2. The van der Waals surface area contributed by atoms with Crippen molar-refractivity contribution in [2.45, 2.75) is 38.7 Å². The Morgan fingerprint density at radius 2 is 1.67 bits per heavy atom. The molecule has 2 aromatic rings. The van der Waals surface area contributed by atoms with Crippen molar-refractivity contribution in [3.63, 3.8) is 0 Å². The number of hydrogen-bond acceptors (Lipinski definition) is 7. The van der Waals surface area contributed by atoms with Crippen LogP contribution in [0.4, 0.5) is 0 Å². The first-order chi connectivity index (χ1) is 14.1. The zero-order valence-electron chi connectivity index (χ0n) is 16.9. The van der Waals surface area contributed by atoms with Gasteiger partial charge in [0, 0.05) is 29.0 Å². The molecule has 4 rings (SSSR count). The van der Waals surface area contributed by atoms with Gasteiger partial charge in [-0.2, -0.15) is 0 Å². The van der Waals surface area contributed by atoms with E-state index in [1.165, 1.54) is 13.2 Å². The molecule has 0 saturated heterocycles. The van der Waals surface area contributed by atoms with Gasteiger partial charge in [-0.3, -0.25) is 14.4 Å². The number of aliphatic hydroxyl groups is 1. The number of ether oxygens (including phenoxy) is 1. The normalized spacial score (nSPS) is 19.9. The minimum Gasteiger partial charge on any atom is -0.507 e. The molecular weight excluding hydrogens is 388 g/mol.